The van der Waals surface area contributed by atoms with Crippen LogP contribution in [-0.4, -0.2) is 30.9 Å². The van der Waals surface area contributed by atoms with E-state index in [1.807, 2.05) is 24.3 Å². The van der Waals surface area contributed by atoms with Crippen molar-refractivity contribution in [3.05, 3.63) is 65.2 Å². The Morgan fingerprint density at radius 3 is 2.96 bits per heavy atom. The average molecular weight is 402 g/mol. The molecule has 0 bridgehead atoms. The Hall–Kier alpha value is -1.39. The summed E-state index contributed by atoms with van der Waals surface area (Å²) in [6, 6.07) is 5.84. The molecule has 3 atom stereocenters. The molecule has 0 aromatic heterocycles. The normalized spacial score (nSPS) is 27.1. The van der Waals surface area contributed by atoms with Crippen LogP contribution in [0.4, 0.5) is 0 Å². The molecule has 152 valence electrons. The fourth-order valence-electron chi connectivity index (χ4n) is 4.24. The zero-order valence-corrected chi connectivity index (χ0v) is 17.8. The van der Waals surface area contributed by atoms with Crippen molar-refractivity contribution in [2.75, 3.05) is 19.7 Å². The van der Waals surface area contributed by atoms with E-state index in [1.165, 1.54) is 5.57 Å². The maximum atomic E-state index is 11.9. The van der Waals surface area contributed by atoms with E-state index >= 15 is 0 Å². The average Bonchev–Trinajstić information content (AvgIpc) is 2.72. The Labute approximate surface area is 174 Å². The smallest absolute Gasteiger partial charge is 0.118 e. The third-order valence-corrected chi connectivity index (χ3v) is 6.50. The van der Waals surface area contributed by atoms with E-state index in [0.29, 0.717) is 31.0 Å². The second kappa shape index (κ2) is 8.96. The quantitative estimate of drug-likeness (QED) is 0.613. The van der Waals surface area contributed by atoms with Gasteiger partial charge in [0, 0.05) is 23.7 Å². The van der Waals surface area contributed by atoms with Crippen LogP contribution in [0.25, 0.3) is 5.57 Å². The van der Waals surface area contributed by atoms with Gasteiger partial charge in [-0.05, 0) is 48.3 Å². The lowest BCUT2D eigenvalue weighted by Gasteiger charge is -2.41. The molecule has 2 aliphatic rings. The molecule has 0 saturated carbocycles. The molecule has 1 aromatic carbocycles. The fourth-order valence-corrected chi connectivity index (χ4v) is 4.53. The topological polar surface area (TPSA) is 41.5 Å². The number of nitrogens with one attached hydrogen (secondary N) is 1. The van der Waals surface area contributed by atoms with Gasteiger partial charge in [-0.1, -0.05) is 61.9 Å². The summed E-state index contributed by atoms with van der Waals surface area (Å²) in [6.07, 6.45) is 11.3. The molecular formula is C24H32ClNO2. The largest absolute Gasteiger partial charge is 0.382 e. The molecule has 4 heteroatoms. The van der Waals surface area contributed by atoms with Crippen molar-refractivity contribution in [2.24, 2.45) is 5.41 Å². The van der Waals surface area contributed by atoms with Crippen LogP contribution in [-0.2, 0) is 10.3 Å². The van der Waals surface area contributed by atoms with Gasteiger partial charge in [-0.2, -0.15) is 0 Å². The predicted octanol–water partition coefficient (Wildman–Crippen LogP) is 5.24. The van der Waals surface area contributed by atoms with Gasteiger partial charge in [0.2, 0.25) is 0 Å². The van der Waals surface area contributed by atoms with Gasteiger partial charge in [0.1, 0.15) is 11.7 Å². The summed E-state index contributed by atoms with van der Waals surface area (Å²) in [4.78, 5) is 0. The molecule has 1 unspecified atom stereocenters. The number of aliphatic hydroxyl groups is 1. The number of rotatable bonds is 7. The lowest BCUT2D eigenvalue weighted by molar-refractivity contribution is -0.128. The van der Waals surface area contributed by atoms with E-state index in [4.69, 9.17) is 16.3 Å². The number of allylic oxidation sites excluding steroid dienone is 5. The SMILES string of the molecule is C=CCC[C@@](O)(c1cccc(Cl)c1C1=CC=CC(C)(CC)C1)[C@H]1CNCCO1. The first-order chi connectivity index (χ1) is 13.4. The van der Waals surface area contributed by atoms with Crippen LogP contribution in [0.1, 0.15) is 50.7 Å². The van der Waals surface area contributed by atoms with Crippen LogP contribution in [0.15, 0.2) is 49.1 Å². The lowest BCUT2D eigenvalue weighted by atomic mass is 9.73. The highest BCUT2D eigenvalue weighted by molar-refractivity contribution is 6.32. The maximum absolute atomic E-state index is 11.9. The van der Waals surface area contributed by atoms with Crippen molar-refractivity contribution >= 4 is 17.2 Å². The third-order valence-electron chi connectivity index (χ3n) is 6.19. The van der Waals surface area contributed by atoms with E-state index < -0.39 is 5.60 Å². The summed E-state index contributed by atoms with van der Waals surface area (Å²) in [7, 11) is 0. The van der Waals surface area contributed by atoms with E-state index in [2.05, 4.69) is 44.0 Å². The molecule has 1 aromatic rings. The first-order valence-corrected chi connectivity index (χ1v) is 10.6. The number of hydrogen-bond acceptors (Lipinski definition) is 3. The van der Waals surface area contributed by atoms with Crippen molar-refractivity contribution in [1.82, 2.24) is 5.32 Å². The standard InChI is InChI=1S/C24H32ClNO2/c1-4-6-13-24(27,21-17-26-14-15-28-21)19-10-7-11-20(25)22(19)18-9-8-12-23(3,5-2)16-18/h4,7-12,21,26-27H,1,5-6,13-17H2,2-3H3/t21-,23?,24-/m1/s1. The molecule has 0 amide bonds. The third kappa shape index (κ3) is 4.28. The van der Waals surface area contributed by atoms with Crippen LogP contribution < -0.4 is 5.32 Å². The van der Waals surface area contributed by atoms with Crippen LogP contribution in [0, 0.1) is 5.41 Å². The summed E-state index contributed by atoms with van der Waals surface area (Å²) < 4.78 is 6.02. The molecule has 28 heavy (non-hydrogen) atoms. The second-order valence-electron chi connectivity index (χ2n) is 8.21. The van der Waals surface area contributed by atoms with Gasteiger partial charge in [-0.15, -0.1) is 6.58 Å². The minimum absolute atomic E-state index is 0.0999. The van der Waals surface area contributed by atoms with Gasteiger partial charge in [0.25, 0.3) is 0 Å². The van der Waals surface area contributed by atoms with Crippen LogP contribution in [0.5, 0.6) is 0 Å². The predicted molar refractivity (Wildman–Crippen MR) is 118 cm³/mol. The van der Waals surface area contributed by atoms with Crippen LogP contribution >= 0.6 is 11.6 Å². The fraction of sp³-hybridized carbons (Fsp3) is 0.500. The molecular weight excluding hydrogens is 370 g/mol. The molecule has 3 rings (SSSR count). The van der Waals surface area contributed by atoms with Crippen molar-refractivity contribution < 1.29 is 9.84 Å². The van der Waals surface area contributed by atoms with Gasteiger partial charge < -0.3 is 15.2 Å². The molecule has 1 heterocycles. The molecule has 0 radical (unpaired) electrons. The minimum atomic E-state index is -1.13. The molecule has 1 fully saturated rings. The number of benzene rings is 1. The summed E-state index contributed by atoms with van der Waals surface area (Å²) in [5.41, 5.74) is 1.95. The van der Waals surface area contributed by atoms with Crippen molar-refractivity contribution in [1.29, 1.82) is 0 Å². The van der Waals surface area contributed by atoms with Gasteiger partial charge in [0.05, 0.1) is 6.61 Å². The molecule has 3 nitrogen and oxygen atoms in total. The van der Waals surface area contributed by atoms with Gasteiger partial charge in [-0.25, -0.2) is 0 Å². The number of ether oxygens (including phenoxy) is 1. The van der Waals surface area contributed by atoms with Crippen molar-refractivity contribution in [2.45, 2.75) is 51.2 Å². The van der Waals surface area contributed by atoms with E-state index in [0.717, 1.165) is 30.5 Å². The Kier molecular flexibility index (Phi) is 6.82. The minimum Gasteiger partial charge on any atom is -0.382 e. The monoisotopic (exact) mass is 401 g/mol. The van der Waals surface area contributed by atoms with E-state index in [1.54, 1.807) is 0 Å². The van der Waals surface area contributed by atoms with Crippen LogP contribution in [0.3, 0.4) is 0 Å². The van der Waals surface area contributed by atoms with Gasteiger partial charge in [0.15, 0.2) is 0 Å². The van der Waals surface area contributed by atoms with Gasteiger partial charge in [-0.3, -0.25) is 0 Å². The zero-order valence-electron chi connectivity index (χ0n) is 17.0. The molecule has 0 spiro atoms. The van der Waals surface area contributed by atoms with E-state index in [9.17, 15) is 5.11 Å². The number of hydrogen-bond donors (Lipinski definition) is 2. The highest BCUT2D eigenvalue weighted by Gasteiger charge is 2.42. The second-order valence-corrected chi connectivity index (χ2v) is 8.62. The van der Waals surface area contributed by atoms with Gasteiger partial charge >= 0.3 is 0 Å². The highest BCUT2D eigenvalue weighted by atomic mass is 35.5. The van der Waals surface area contributed by atoms with Crippen molar-refractivity contribution in [3.8, 4) is 0 Å². The Balaban J connectivity index is 2.09. The Bertz CT molecular complexity index is 766. The lowest BCUT2D eigenvalue weighted by Crippen LogP contribution is -2.51. The summed E-state index contributed by atoms with van der Waals surface area (Å²) >= 11 is 6.73. The molecule has 2 N–H and O–H groups in total. The highest BCUT2D eigenvalue weighted by Crippen LogP contribution is 2.45. The number of morpholine rings is 1. The maximum Gasteiger partial charge on any atom is 0.118 e. The van der Waals surface area contributed by atoms with Crippen LogP contribution in [0.2, 0.25) is 5.02 Å². The Morgan fingerprint density at radius 1 is 1.46 bits per heavy atom. The summed E-state index contributed by atoms with van der Waals surface area (Å²) in [5.74, 6) is 0. The first-order valence-electron chi connectivity index (χ1n) is 10.3. The number of halogens is 1. The Morgan fingerprint density at radius 2 is 2.29 bits per heavy atom. The zero-order chi connectivity index (χ0) is 20.2. The summed E-state index contributed by atoms with van der Waals surface area (Å²) in [5, 5.41) is 16.0. The summed E-state index contributed by atoms with van der Waals surface area (Å²) in [6.45, 7) is 10.3. The van der Waals surface area contributed by atoms with Crippen molar-refractivity contribution in [3.63, 3.8) is 0 Å². The van der Waals surface area contributed by atoms with E-state index in [-0.39, 0.29) is 11.5 Å². The first kappa shape index (κ1) is 21.3. The molecule has 1 aliphatic heterocycles. The molecule has 1 aliphatic carbocycles. The molecule has 1 saturated heterocycles.